The number of carbonyl (C=O) groups excluding carboxylic acids is 1. The van der Waals surface area contributed by atoms with Crippen LogP contribution in [0, 0.1) is 18.8 Å². The quantitative estimate of drug-likeness (QED) is 0.369. The Labute approximate surface area is 216 Å². The zero-order valence-electron chi connectivity index (χ0n) is 21.4. The van der Waals surface area contributed by atoms with Gasteiger partial charge in [0.05, 0.1) is 39.8 Å². The van der Waals surface area contributed by atoms with E-state index in [2.05, 4.69) is 29.1 Å². The molecule has 2 atom stereocenters. The molecule has 1 fully saturated rings. The van der Waals surface area contributed by atoms with E-state index in [0.29, 0.717) is 21.5 Å². The molecule has 4 rings (SSSR count). The minimum atomic E-state index is -1.15. The van der Waals surface area contributed by atoms with Gasteiger partial charge in [-0.2, -0.15) is 0 Å². The summed E-state index contributed by atoms with van der Waals surface area (Å²) in [7, 11) is 1.47. The number of carbonyl (C=O) groups is 2. The number of carboxylic acids is 1. The van der Waals surface area contributed by atoms with E-state index in [1.165, 1.54) is 69.0 Å². The lowest BCUT2D eigenvalue weighted by Gasteiger charge is -2.28. The molecule has 0 spiro atoms. The Bertz CT molecular complexity index is 1180. The molecule has 1 aliphatic heterocycles. The van der Waals surface area contributed by atoms with Gasteiger partial charge in [-0.1, -0.05) is 33.1 Å². The predicted molar refractivity (Wildman–Crippen MR) is 142 cm³/mol. The molecule has 1 aliphatic rings. The number of thiazole rings is 1. The van der Waals surface area contributed by atoms with Gasteiger partial charge < -0.3 is 19.9 Å². The van der Waals surface area contributed by atoms with Gasteiger partial charge in [0.1, 0.15) is 11.3 Å². The zero-order valence-corrected chi connectivity index (χ0v) is 22.2. The lowest BCUT2D eigenvalue weighted by atomic mass is 9.88. The van der Waals surface area contributed by atoms with Crippen LogP contribution in [0.5, 0.6) is 5.75 Å². The number of hydrogen-bond donors (Lipinski definition) is 2. The van der Waals surface area contributed by atoms with Crippen molar-refractivity contribution in [2.75, 3.05) is 25.6 Å². The van der Waals surface area contributed by atoms with Crippen LogP contribution in [0.25, 0.3) is 10.2 Å². The molecule has 9 heteroatoms. The molecule has 1 aromatic carbocycles. The third-order valence-electron chi connectivity index (χ3n) is 6.29. The zero-order chi connectivity index (χ0) is 26.1. The molecule has 0 radical (unpaired) electrons. The molecule has 0 aliphatic carbocycles. The van der Waals surface area contributed by atoms with Gasteiger partial charge in [0.25, 0.3) is 5.91 Å². The number of aromatic carboxylic acids is 1. The van der Waals surface area contributed by atoms with E-state index >= 15 is 0 Å². The fourth-order valence-corrected chi connectivity index (χ4v) is 5.28. The van der Waals surface area contributed by atoms with Gasteiger partial charge in [0.15, 0.2) is 0 Å². The summed E-state index contributed by atoms with van der Waals surface area (Å²) in [5, 5.41) is 12.6. The molecule has 2 unspecified atom stereocenters. The third-order valence-corrected chi connectivity index (χ3v) is 7.29. The van der Waals surface area contributed by atoms with Crippen molar-refractivity contribution in [1.82, 2.24) is 9.97 Å². The van der Waals surface area contributed by atoms with Crippen molar-refractivity contribution in [3.05, 3.63) is 46.7 Å². The van der Waals surface area contributed by atoms with Crippen molar-refractivity contribution < 1.29 is 24.2 Å². The summed E-state index contributed by atoms with van der Waals surface area (Å²) < 4.78 is 11.6. The first kappa shape index (κ1) is 27.5. The van der Waals surface area contributed by atoms with Crippen LogP contribution in [0.2, 0.25) is 0 Å². The number of pyridine rings is 1. The van der Waals surface area contributed by atoms with E-state index in [1.54, 1.807) is 12.1 Å². The Hall–Kier alpha value is -3.04. The van der Waals surface area contributed by atoms with E-state index in [1.807, 2.05) is 6.92 Å². The fourth-order valence-electron chi connectivity index (χ4n) is 4.32. The topological polar surface area (TPSA) is 111 Å². The number of amides is 1. The number of anilines is 1. The number of fused-ring (bicyclic) bond motifs is 1. The summed E-state index contributed by atoms with van der Waals surface area (Å²) in [6.45, 7) is 8.43. The maximum atomic E-state index is 12.8. The summed E-state index contributed by atoms with van der Waals surface area (Å²) in [6.07, 6.45) is 9.45. The highest BCUT2D eigenvalue weighted by Crippen LogP contribution is 2.33. The molecule has 194 valence electrons. The van der Waals surface area contributed by atoms with Crippen LogP contribution in [-0.2, 0) is 4.74 Å². The van der Waals surface area contributed by atoms with E-state index in [-0.39, 0.29) is 11.3 Å². The molecule has 2 aromatic heterocycles. The van der Waals surface area contributed by atoms with Crippen LogP contribution >= 0.6 is 11.3 Å². The van der Waals surface area contributed by atoms with Gasteiger partial charge in [-0.25, -0.2) is 9.78 Å². The lowest BCUT2D eigenvalue weighted by Crippen LogP contribution is -2.25. The van der Waals surface area contributed by atoms with Crippen molar-refractivity contribution in [3.63, 3.8) is 0 Å². The average Bonchev–Trinajstić information content (AvgIpc) is 3.27. The average molecular weight is 514 g/mol. The standard InChI is InChI=1S/C16H13N3O4S.C11H22O/c1-8-18-10-3-4-12(23-2)13(14(10)24-8)15(20)19-11-7-17-6-5-9(11)16(21)22;1-3-5-6-11-7-10(4-2)8-12-9-11/h3-7H,1-2H3,(H,19,20)(H,21,22);10-11H,3-9H2,1-2H3. The lowest BCUT2D eigenvalue weighted by molar-refractivity contribution is 0.0106. The van der Waals surface area contributed by atoms with Crippen molar-refractivity contribution in [2.24, 2.45) is 11.8 Å². The maximum Gasteiger partial charge on any atom is 0.337 e. The van der Waals surface area contributed by atoms with Gasteiger partial charge in [-0.3, -0.25) is 9.78 Å². The molecular formula is C27H35N3O5S. The smallest absolute Gasteiger partial charge is 0.337 e. The Morgan fingerprint density at radius 3 is 2.69 bits per heavy atom. The highest BCUT2D eigenvalue weighted by Gasteiger charge is 2.22. The van der Waals surface area contributed by atoms with Crippen LogP contribution in [0.3, 0.4) is 0 Å². The largest absolute Gasteiger partial charge is 0.496 e. The summed E-state index contributed by atoms with van der Waals surface area (Å²) >= 11 is 1.37. The van der Waals surface area contributed by atoms with Gasteiger partial charge >= 0.3 is 5.97 Å². The van der Waals surface area contributed by atoms with Crippen molar-refractivity contribution >= 4 is 39.1 Å². The van der Waals surface area contributed by atoms with Crippen LogP contribution in [0.15, 0.2) is 30.6 Å². The minimum Gasteiger partial charge on any atom is -0.496 e. The third kappa shape index (κ3) is 7.01. The number of hydrogen-bond acceptors (Lipinski definition) is 7. The number of rotatable bonds is 8. The molecule has 3 heterocycles. The van der Waals surface area contributed by atoms with E-state index < -0.39 is 11.9 Å². The fraction of sp³-hybridized carbons (Fsp3) is 0.481. The highest BCUT2D eigenvalue weighted by atomic mass is 32.1. The molecule has 0 saturated carbocycles. The number of ether oxygens (including phenoxy) is 2. The van der Waals surface area contributed by atoms with Crippen LogP contribution in [0.4, 0.5) is 5.69 Å². The number of nitrogens with zero attached hydrogens (tertiary/aromatic N) is 2. The monoisotopic (exact) mass is 513 g/mol. The first-order chi connectivity index (χ1) is 17.4. The molecule has 0 bridgehead atoms. The SMILES string of the molecule is CCCCC1COCC(CC)C1.COc1ccc2nc(C)sc2c1C(=O)Nc1cnccc1C(=O)O. The molecule has 3 aromatic rings. The highest BCUT2D eigenvalue weighted by molar-refractivity contribution is 7.19. The number of methoxy groups -OCH3 is 1. The Morgan fingerprint density at radius 2 is 2.00 bits per heavy atom. The second kappa shape index (κ2) is 13.3. The number of nitrogens with one attached hydrogen (secondary N) is 1. The first-order valence-corrected chi connectivity index (χ1v) is 13.2. The van der Waals surface area contributed by atoms with Crippen molar-refractivity contribution in [3.8, 4) is 5.75 Å². The second-order valence-corrected chi connectivity index (χ2v) is 10.2. The molecule has 8 nitrogen and oxygen atoms in total. The summed E-state index contributed by atoms with van der Waals surface area (Å²) in [5.41, 5.74) is 1.09. The van der Waals surface area contributed by atoms with Gasteiger partial charge in [-0.15, -0.1) is 11.3 Å². The summed E-state index contributed by atoms with van der Waals surface area (Å²) in [5.74, 6) is 0.483. The van der Waals surface area contributed by atoms with Crippen LogP contribution in [0.1, 0.15) is 71.7 Å². The number of carboxylic acid groups (broad SMARTS) is 1. The summed E-state index contributed by atoms with van der Waals surface area (Å²) in [4.78, 5) is 32.3. The van der Waals surface area contributed by atoms with E-state index in [9.17, 15) is 14.7 Å². The Kier molecular flexibility index (Phi) is 10.2. The minimum absolute atomic E-state index is 0.0371. The van der Waals surface area contributed by atoms with Crippen LogP contribution < -0.4 is 10.1 Å². The molecule has 36 heavy (non-hydrogen) atoms. The van der Waals surface area contributed by atoms with E-state index in [4.69, 9.17) is 9.47 Å². The van der Waals surface area contributed by atoms with Crippen molar-refractivity contribution in [2.45, 2.75) is 52.9 Å². The van der Waals surface area contributed by atoms with Gasteiger partial charge in [0.2, 0.25) is 0 Å². The maximum absolute atomic E-state index is 12.8. The molecule has 1 saturated heterocycles. The van der Waals surface area contributed by atoms with Gasteiger partial charge in [-0.05, 0) is 49.8 Å². The number of benzene rings is 1. The van der Waals surface area contributed by atoms with E-state index in [0.717, 1.165) is 30.1 Å². The Morgan fingerprint density at radius 1 is 1.22 bits per heavy atom. The van der Waals surface area contributed by atoms with Crippen molar-refractivity contribution in [1.29, 1.82) is 0 Å². The molecule has 1 amide bonds. The first-order valence-electron chi connectivity index (χ1n) is 12.4. The number of aromatic nitrogens is 2. The number of aryl methyl sites for hydroxylation is 1. The number of unbranched alkanes of at least 4 members (excludes halogenated alkanes) is 1. The normalized spacial score (nSPS) is 17.2. The molecular weight excluding hydrogens is 478 g/mol. The predicted octanol–water partition coefficient (Wildman–Crippen LogP) is 6.20. The molecule has 2 N–H and O–H groups in total. The van der Waals surface area contributed by atoms with Crippen LogP contribution in [-0.4, -0.2) is 47.3 Å². The van der Waals surface area contributed by atoms with Gasteiger partial charge in [0, 0.05) is 19.4 Å². The second-order valence-electron chi connectivity index (χ2n) is 8.96. The Balaban J connectivity index is 0.000000253. The summed E-state index contributed by atoms with van der Waals surface area (Å²) in [6, 6.07) is 4.77.